The quantitative estimate of drug-likeness (QED) is 0.829. The molecular weight excluding hydrogens is 255 g/mol. The summed E-state index contributed by atoms with van der Waals surface area (Å²) in [6, 6.07) is 5.79. The van der Waals surface area contributed by atoms with Gasteiger partial charge in [-0.1, -0.05) is 44.2 Å². The van der Waals surface area contributed by atoms with Crippen LogP contribution in [0.4, 0.5) is 0 Å². The molecule has 4 heteroatoms. The van der Waals surface area contributed by atoms with Gasteiger partial charge in [-0.05, 0) is 39.9 Å². The van der Waals surface area contributed by atoms with Crippen molar-refractivity contribution >= 4 is 30.4 Å². The van der Waals surface area contributed by atoms with E-state index in [0.29, 0.717) is 11.4 Å². The second kappa shape index (κ2) is 6.46. The van der Waals surface area contributed by atoms with Crippen LogP contribution in [0.1, 0.15) is 37.3 Å². The maximum atomic E-state index is 9.35. The average molecular weight is 274 g/mol. The molecule has 0 aromatic heterocycles. The van der Waals surface area contributed by atoms with Crippen molar-refractivity contribution in [3.8, 4) is 0 Å². The lowest BCUT2D eigenvalue weighted by molar-refractivity contribution is 0.425. The first-order chi connectivity index (χ1) is 9.06. The molecule has 100 valence electrons. The molecule has 0 saturated carbocycles. The van der Waals surface area contributed by atoms with Crippen molar-refractivity contribution in [1.29, 1.82) is 0 Å². The smallest absolute Gasteiger partial charge is 0.423 e. The van der Waals surface area contributed by atoms with Crippen molar-refractivity contribution < 1.29 is 10.0 Å². The van der Waals surface area contributed by atoms with Crippen LogP contribution in [0.3, 0.4) is 0 Å². The molecule has 1 aromatic rings. The van der Waals surface area contributed by atoms with Crippen LogP contribution in [-0.4, -0.2) is 22.9 Å². The van der Waals surface area contributed by atoms with E-state index in [4.69, 9.17) is 0 Å². The molecule has 19 heavy (non-hydrogen) atoms. The van der Waals surface area contributed by atoms with Gasteiger partial charge in [0.1, 0.15) is 0 Å². The number of hydrogen-bond acceptors (Lipinski definition) is 3. The molecule has 1 aliphatic heterocycles. The largest absolute Gasteiger partial charge is 0.488 e. The van der Waals surface area contributed by atoms with Gasteiger partial charge in [0.15, 0.2) is 0 Å². The molecule has 2 N–H and O–H groups in total. The highest BCUT2D eigenvalue weighted by Crippen LogP contribution is 2.23. The monoisotopic (exact) mass is 274 g/mol. The Labute approximate surface area is 119 Å². The Kier molecular flexibility index (Phi) is 4.91. The van der Waals surface area contributed by atoms with Crippen LogP contribution in [0, 0.1) is 0 Å². The minimum absolute atomic E-state index is 0.368. The number of allylic oxidation sites excluding steroid dienone is 2. The highest BCUT2D eigenvalue weighted by Gasteiger charge is 2.13. The zero-order valence-electron chi connectivity index (χ0n) is 11.3. The van der Waals surface area contributed by atoms with Gasteiger partial charge in [-0.2, -0.15) is 0 Å². The van der Waals surface area contributed by atoms with E-state index < -0.39 is 7.12 Å². The van der Waals surface area contributed by atoms with Gasteiger partial charge in [-0.25, -0.2) is 0 Å². The summed E-state index contributed by atoms with van der Waals surface area (Å²) in [5.74, 6) is 1.53. The van der Waals surface area contributed by atoms with Gasteiger partial charge in [-0.15, -0.1) is 11.8 Å². The van der Waals surface area contributed by atoms with Gasteiger partial charge in [0.05, 0.1) is 0 Å². The summed E-state index contributed by atoms with van der Waals surface area (Å²) in [5, 5.41) is 20.9. The van der Waals surface area contributed by atoms with Crippen molar-refractivity contribution in [2.24, 2.45) is 0 Å². The predicted molar refractivity (Wildman–Crippen MR) is 84.5 cm³/mol. The molecule has 2 rings (SSSR count). The standard InChI is InChI=1S/C15H19BO2S/c1-11(2)14-7-13(8-15(9-14)16(17)18)4-3-12-5-6-19-10-12/h3-4,7-11,17-18H,5-6H2,1-2H3/b4-3+. The fourth-order valence-corrected chi connectivity index (χ4v) is 2.89. The zero-order chi connectivity index (χ0) is 13.8. The molecule has 0 aliphatic carbocycles. The summed E-state index contributed by atoms with van der Waals surface area (Å²) in [7, 11) is -1.41. The topological polar surface area (TPSA) is 40.5 Å². The summed E-state index contributed by atoms with van der Waals surface area (Å²) >= 11 is 1.84. The van der Waals surface area contributed by atoms with Crippen LogP contribution in [0.2, 0.25) is 0 Å². The number of thioether (sulfide) groups is 1. The van der Waals surface area contributed by atoms with E-state index in [0.717, 1.165) is 23.3 Å². The van der Waals surface area contributed by atoms with E-state index in [-0.39, 0.29) is 0 Å². The molecule has 0 spiro atoms. The Bertz CT molecular complexity index is 481. The van der Waals surface area contributed by atoms with E-state index in [2.05, 4.69) is 37.5 Å². The summed E-state index contributed by atoms with van der Waals surface area (Å²) in [4.78, 5) is 0. The third-order valence-corrected chi connectivity index (χ3v) is 4.11. The molecule has 0 atom stereocenters. The number of rotatable bonds is 4. The zero-order valence-corrected chi connectivity index (χ0v) is 12.2. The summed E-state index contributed by atoms with van der Waals surface area (Å²) < 4.78 is 0. The molecule has 2 nitrogen and oxygen atoms in total. The average Bonchev–Trinajstić information content (AvgIpc) is 2.89. The van der Waals surface area contributed by atoms with Crippen LogP contribution in [0.15, 0.2) is 35.3 Å². The maximum Gasteiger partial charge on any atom is 0.488 e. The molecular formula is C15H19BO2S. The van der Waals surface area contributed by atoms with Gasteiger partial charge in [0.2, 0.25) is 0 Å². The molecule has 0 unspecified atom stereocenters. The highest BCUT2D eigenvalue weighted by molar-refractivity contribution is 8.02. The van der Waals surface area contributed by atoms with Crippen molar-refractivity contribution in [2.45, 2.75) is 26.2 Å². The lowest BCUT2D eigenvalue weighted by Crippen LogP contribution is -2.30. The van der Waals surface area contributed by atoms with E-state index >= 15 is 0 Å². The normalized spacial score (nSPS) is 15.3. The van der Waals surface area contributed by atoms with Crippen LogP contribution >= 0.6 is 11.8 Å². The molecule has 0 saturated heterocycles. The maximum absolute atomic E-state index is 9.35. The summed E-state index contributed by atoms with van der Waals surface area (Å²) in [6.45, 7) is 4.21. The molecule has 1 aliphatic rings. The third-order valence-electron chi connectivity index (χ3n) is 3.20. The minimum atomic E-state index is -1.41. The molecule has 1 heterocycles. The Balaban J connectivity index is 2.28. The van der Waals surface area contributed by atoms with Crippen molar-refractivity contribution in [3.05, 3.63) is 46.4 Å². The number of benzene rings is 1. The van der Waals surface area contributed by atoms with Gasteiger partial charge in [0, 0.05) is 5.75 Å². The number of hydrogen-bond donors (Lipinski definition) is 2. The Hall–Kier alpha value is -0.965. The molecule has 1 aromatic carbocycles. The van der Waals surface area contributed by atoms with Gasteiger partial charge in [0.25, 0.3) is 0 Å². The van der Waals surface area contributed by atoms with Crippen molar-refractivity contribution in [3.63, 3.8) is 0 Å². The fourth-order valence-electron chi connectivity index (χ4n) is 2.01. The SMILES string of the molecule is CC(C)c1cc(/C=C/C2=CSCC2)cc(B(O)O)c1. The second-order valence-electron chi connectivity index (χ2n) is 5.11. The van der Waals surface area contributed by atoms with Crippen molar-refractivity contribution in [1.82, 2.24) is 0 Å². The van der Waals surface area contributed by atoms with E-state index in [1.54, 1.807) is 0 Å². The van der Waals surface area contributed by atoms with Crippen LogP contribution < -0.4 is 5.46 Å². The van der Waals surface area contributed by atoms with Gasteiger partial charge in [-0.3, -0.25) is 0 Å². The first-order valence-corrected chi connectivity index (χ1v) is 7.61. The molecule has 0 amide bonds. The Morgan fingerprint density at radius 2 is 2.00 bits per heavy atom. The molecule has 0 radical (unpaired) electrons. The van der Waals surface area contributed by atoms with E-state index in [9.17, 15) is 10.0 Å². The lowest BCUT2D eigenvalue weighted by Gasteiger charge is -2.10. The Morgan fingerprint density at radius 3 is 2.58 bits per heavy atom. The first kappa shape index (κ1) is 14.4. The second-order valence-corrected chi connectivity index (χ2v) is 6.09. The molecule has 0 bridgehead atoms. The van der Waals surface area contributed by atoms with E-state index in [1.807, 2.05) is 23.9 Å². The summed E-state index contributed by atoms with van der Waals surface area (Å²) in [5.41, 5.74) is 4.04. The van der Waals surface area contributed by atoms with Crippen LogP contribution in [0.25, 0.3) is 6.08 Å². The lowest BCUT2D eigenvalue weighted by atomic mass is 9.77. The first-order valence-electron chi connectivity index (χ1n) is 6.56. The van der Waals surface area contributed by atoms with Crippen LogP contribution in [-0.2, 0) is 0 Å². The third kappa shape index (κ3) is 4.00. The predicted octanol–water partition coefficient (Wildman–Crippen LogP) is 2.52. The van der Waals surface area contributed by atoms with Gasteiger partial charge < -0.3 is 10.0 Å². The minimum Gasteiger partial charge on any atom is -0.423 e. The molecule has 0 fully saturated rings. The Morgan fingerprint density at radius 1 is 1.21 bits per heavy atom. The summed E-state index contributed by atoms with van der Waals surface area (Å²) in [6.07, 6.45) is 5.28. The fraction of sp³-hybridized carbons (Fsp3) is 0.333. The van der Waals surface area contributed by atoms with Gasteiger partial charge >= 0.3 is 7.12 Å². The van der Waals surface area contributed by atoms with Crippen LogP contribution in [0.5, 0.6) is 0 Å². The van der Waals surface area contributed by atoms with Crippen molar-refractivity contribution in [2.75, 3.05) is 5.75 Å². The van der Waals surface area contributed by atoms with E-state index in [1.165, 1.54) is 5.57 Å². The highest BCUT2D eigenvalue weighted by atomic mass is 32.2.